The van der Waals surface area contributed by atoms with Gasteiger partial charge in [-0.05, 0) is 90.1 Å². The van der Waals surface area contributed by atoms with Crippen molar-refractivity contribution < 1.29 is 42.8 Å². The van der Waals surface area contributed by atoms with Crippen LogP contribution in [0.4, 0.5) is 4.39 Å². The summed E-state index contributed by atoms with van der Waals surface area (Å²) < 4.78 is 45.5. The second-order valence-electron chi connectivity index (χ2n) is 16.6. The molecule has 0 bridgehead atoms. The molecule has 0 saturated heterocycles. The summed E-state index contributed by atoms with van der Waals surface area (Å²) in [5.74, 6) is -0.424. The zero-order chi connectivity index (χ0) is 45.6. The first-order chi connectivity index (χ1) is 29.9. The fraction of sp³-hybridized carbons (Fsp3) is 0.312. The maximum absolute atomic E-state index is 14.3. The van der Waals surface area contributed by atoms with Crippen molar-refractivity contribution in [3.63, 3.8) is 0 Å². The van der Waals surface area contributed by atoms with E-state index >= 15 is 0 Å². The molecule has 2 N–H and O–H groups in total. The van der Waals surface area contributed by atoms with Crippen LogP contribution in [0.3, 0.4) is 0 Å². The minimum atomic E-state index is -2.29. The predicted molar refractivity (Wildman–Crippen MR) is 251 cm³/mol. The predicted octanol–water partition coefficient (Wildman–Crippen LogP) is 12.1. The Bertz CT molecular complexity index is 2560. The number of hydrogen-bond acceptors (Lipinski definition) is 10. The van der Waals surface area contributed by atoms with Crippen LogP contribution >= 0.6 is 34.5 Å². The summed E-state index contributed by atoms with van der Waals surface area (Å²) in [6, 6.07) is 21.2. The van der Waals surface area contributed by atoms with Crippen molar-refractivity contribution in [3.05, 3.63) is 130 Å². The molecule has 0 aliphatic carbocycles. The summed E-state index contributed by atoms with van der Waals surface area (Å²) in [5.41, 5.74) is 4.42. The number of benzene rings is 4. The van der Waals surface area contributed by atoms with E-state index in [9.17, 15) is 19.4 Å². The summed E-state index contributed by atoms with van der Waals surface area (Å²) in [7, 11) is -2.29. The first-order valence-corrected chi connectivity index (χ1v) is 24.8. The lowest BCUT2D eigenvalue weighted by molar-refractivity contribution is -0.145. The van der Waals surface area contributed by atoms with Gasteiger partial charge in [-0.3, -0.25) is 0 Å². The number of hydrogen-bond donors (Lipinski definition) is 2. The van der Waals surface area contributed by atoms with E-state index in [0.717, 1.165) is 5.56 Å². The molecule has 0 unspecified atom stereocenters. The highest BCUT2D eigenvalue weighted by molar-refractivity contribution is 7.22. The van der Waals surface area contributed by atoms with Gasteiger partial charge >= 0.3 is 5.97 Å². The number of ether oxygens (including phenoxy) is 4. The molecule has 0 spiro atoms. The summed E-state index contributed by atoms with van der Waals surface area (Å²) in [4.78, 5) is 23.6. The van der Waals surface area contributed by atoms with Crippen molar-refractivity contribution in [1.82, 2.24) is 9.97 Å². The number of aromatic nitrogens is 2. The van der Waals surface area contributed by atoms with Gasteiger partial charge in [-0.1, -0.05) is 92.5 Å². The van der Waals surface area contributed by atoms with Crippen molar-refractivity contribution in [2.24, 2.45) is 0 Å². The maximum Gasteiger partial charge on any atom is 0.345 e. The van der Waals surface area contributed by atoms with Gasteiger partial charge in [-0.2, -0.15) is 0 Å². The molecule has 2 heterocycles. The summed E-state index contributed by atoms with van der Waals surface area (Å²) in [5, 5.41) is 21.6. The molecule has 10 nitrogen and oxygen atoms in total. The first kappa shape index (κ1) is 47.5. The Labute approximate surface area is 382 Å². The molecule has 6 aromatic rings. The van der Waals surface area contributed by atoms with Crippen molar-refractivity contribution in [2.75, 3.05) is 19.8 Å². The van der Waals surface area contributed by atoms with Gasteiger partial charge in [0.05, 0.1) is 35.3 Å². The normalized spacial score (nSPS) is 12.8. The van der Waals surface area contributed by atoms with Crippen LogP contribution in [0.25, 0.3) is 31.8 Å². The minimum Gasteiger partial charge on any atom is -0.543 e. The van der Waals surface area contributed by atoms with Crippen LogP contribution < -0.4 is 18.6 Å². The monoisotopic (exact) mass is 932 g/mol. The van der Waals surface area contributed by atoms with E-state index in [2.05, 4.69) is 50.4 Å². The van der Waals surface area contributed by atoms with E-state index in [1.165, 1.54) is 29.8 Å². The number of carboxylic acid groups (broad SMARTS) is 1. The van der Waals surface area contributed by atoms with E-state index in [-0.39, 0.29) is 59.6 Å². The van der Waals surface area contributed by atoms with Gasteiger partial charge < -0.3 is 33.6 Å². The smallest absolute Gasteiger partial charge is 0.345 e. The summed E-state index contributed by atoms with van der Waals surface area (Å²) in [6.45, 7) is 18.2. The number of rotatable bonds is 19. The van der Waals surface area contributed by atoms with Gasteiger partial charge in [0.15, 0.2) is 5.75 Å². The third-order valence-electron chi connectivity index (χ3n) is 11.0. The molecule has 63 heavy (non-hydrogen) atoms. The average molecular weight is 934 g/mol. The number of fused-ring (bicyclic) bond motifs is 1. The van der Waals surface area contributed by atoms with Crippen molar-refractivity contribution >= 4 is 59.0 Å². The standard InChI is InChI=1S/C48H51Cl2FN2O8SSi/c1-9-21-57-26-35(24-54)59-43-41(49)28(2)38(29(3)42(43)50)39-40-45(52-27-53-46(40)62-44(39)31-15-17-33(51)18-16-31)60-37(47(55)56)23-32-22-34(61-63(7,8)48(4,5)6)19-20-36(32)58-25-30-13-11-10-12-14-30/h9-20,22,27,35,37,54H,1,21,23-26H2,2-8H3,(H,55,56)/t35-,37+/m0/s1. The maximum atomic E-state index is 14.3. The largest absolute Gasteiger partial charge is 0.543 e. The fourth-order valence-corrected chi connectivity index (χ4v) is 9.33. The van der Waals surface area contributed by atoms with Gasteiger partial charge in [0, 0.05) is 22.4 Å². The lowest BCUT2D eigenvalue weighted by Gasteiger charge is -2.36. The molecule has 2 atom stereocenters. The van der Waals surface area contributed by atoms with Crippen LogP contribution in [0.1, 0.15) is 43.0 Å². The van der Waals surface area contributed by atoms with Crippen LogP contribution in [0.2, 0.25) is 28.2 Å². The van der Waals surface area contributed by atoms with Crippen molar-refractivity contribution in [3.8, 4) is 44.7 Å². The SMILES string of the molecule is C=CCOC[C@H](CO)Oc1c(Cl)c(C)c(-c2c(-c3ccc(F)cc3)sc3ncnc(O[C@H](Cc4cc(O[Si](C)(C)C(C)(C)C)ccc4OCc4ccccc4)C(=O)O)c23)c(C)c1Cl. The molecule has 0 saturated carbocycles. The molecule has 6 rings (SSSR count). The Kier molecular flexibility index (Phi) is 15.2. The zero-order valence-corrected chi connectivity index (χ0v) is 39.6. The van der Waals surface area contributed by atoms with Crippen LogP contribution in [0.15, 0.2) is 91.8 Å². The Morgan fingerprint density at radius 3 is 2.27 bits per heavy atom. The molecule has 0 aliphatic heterocycles. The van der Waals surface area contributed by atoms with Gasteiger partial charge in [-0.15, -0.1) is 17.9 Å². The Morgan fingerprint density at radius 2 is 1.65 bits per heavy atom. The second-order valence-corrected chi connectivity index (χ2v) is 23.0. The highest BCUT2D eigenvalue weighted by Gasteiger charge is 2.39. The quantitative estimate of drug-likeness (QED) is 0.0460. The number of aliphatic carboxylic acids is 1. The number of carbonyl (C=O) groups is 1. The van der Waals surface area contributed by atoms with Crippen LogP contribution in [0.5, 0.6) is 23.1 Å². The molecule has 0 fully saturated rings. The van der Waals surface area contributed by atoms with Crippen LogP contribution in [0, 0.1) is 19.7 Å². The first-order valence-electron chi connectivity index (χ1n) is 20.3. The second kappa shape index (κ2) is 20.2. The van der Waals surface area contributed by atoms with Crippen LogP contribution in [-0.4, -0.2) is 66.5 Å². The van der Waals surface area contributed by atoms with Gasteiger partial charge in [0.2, 0.25) is 20.3 Å². The molecule has 332 valence electrons. The number of thiophene rings is 1. The molecule has 0 aliphatic rings. The number of aliphatic hydroxyl groups is 1. The topological polar surface area (TPSA) is 129 Å². The van der Waals surface area contributed by atoms with Crippen LogP contribution in [-0.2, 0) is 22.6 Å². The van der Waals surface area contributed by atoms with Crippen molar-refractivity contribution in [1.29, 1.82) is 0 Å². The number of nitrogens with zero attached hydrogens (tertiary/aromatic N) is 2. The van der Waals surface area contributed by atoms with Gasteiger partial charge in [-0.25, -0.2) is 19.2 Å². The highest BCUT2D eigenvalue weighted by atomic mass is 35.5. The lowest BCUT2D eigenvalue weighted by atomic mass is 9.92. The number of halogens is 3. The third kappa shape index (κ3) is 10.9. The van der Waals surface area contributed by atoms with E-state index < -0.39 is 32.3 Å². The molecule has 2 aromatic heterocycles. The summed E-state index contributed by atoms with van der Waals surface area (Å²) in [6.07, 6.45) is 0.536. The van der Waals surface area contributed by atoms with E-state index in [4.69, 9.17) is 46.6 Å². The Hall–Kier alpha value is -5.02. The zero-order valence-electron chi connectivity index (χ0n) is 36.3. The molecule has 4 aromatic carbocycles. The van der Waals surface area contributed by atoms with E-state index in [1.54, 1.807) is 38.1 Å². The van der Waals surface area contributed by atoms with E-state index in [0.29, 0.717) is 60.0 Å². The minimum absolute atomic E-state index is 0.00136. The number of aliphatic hydroxyl groups excluding tert-OH is 1. The lowest BCUT2D eigenvalue weighted by Crippen LogP contribution is -2.43. The van der Waals surface area contributed by atoms with Gasteiger partial charge in [0.1, 0.15) is 41.2 Å². The molecular formula is C48H51Cl2FN2O8SSi. The van der Waals surface area contributed by atoms with Gasteiger partial charge in [0.25, 0.3) is 0 Å². The Morgan fingerprint density at radius 1 is 0.968 bits per heavy atom. The summed E-state index contributed by atoms with van der Waals surface area (Å²) >= 11 is 15.5. The highest BCUT2D eigenvalue weighted by Crippen LogP contribution is 2.53. The molecule has 0 amide bonds. The molecule has 15 heteroatoms. The molecular weight excluding hydrogens is 883 g/mol. The number of carboxylic acids is 1. The third-order valence-corrected chi connectivity index (χ3v) is 17.4. The molecule has 0 radical (unpaired) electrons. The van der Waals surface area contributed by atoms with E-state index in [1.807, 2.05) is 42.5 Å². The Balaban J connectivity index is 1.48. The van der Waals surface area contributed by atoms with Crippen molar-refractivity contribution in [2.45, 2.75) is 78.0 Å². The fourth-order valence-electron chi connectivity index (χ4n) is 6.65. The average Bonchev–Trinajstić information content (AvgIpc) is 3.63.